The van der Waals surface area contributed by atoms with Gasteiger partial charge in [0.25, 0.3) is 0 Å². The Kier molecular flexibility index (Phi) is 4.06. The van der Waals surface area contributed by atoms with Crippen molar-refractivity contribution in [1.82, 2.24) is 10.6 Å². The van der Waals surface area contributed by atoms with Gasteiger partial charge < -0.3 is 20.5 Å². The minimum atomic E-state index is -0.989. The third-order valence-corrected chi connectivity index (χ3v) is 5.48. The van der Waals surface area contributed by atoms with Crippen molar-refractivity contribution >= 4 is 12.0 Å². The molecule has 5 atom stereocenters. The van der Waals surface area contributed by atoms with Gasteiger partial charge >= 0.3 is 12.0 Å². The normalized spacial score (nSPS) is 36.9. The Morgan fingerprint density at radius 2 is 1.95 bits per heavy atom. The summed E-state index contributed by atoms with van der Waals surface area (Å²) in [5.41, 5.74) is 0. The van der Waals surface area contributed by atoms with Gasteiger partial charge in [0, 0.05) is 19.8 Å². The summed E-state index contributed by atoms with van der Waals surface area (Å²) in [6.45, 7) is 0.503. The molecule has 6 heteroatoms. The molecule has 0 heterocycles. The van der Waals surface area contributed by atoms with Gasteiger partial charge in [-0.05, 0) is 55.8 Å². The van der Waals surface area contributed by atoms with Crippen LogP contribution in [0.15, 0.2) is 0 Å². The average Bonchev–Trinajstić information content (AvgIpc) is 2.84. The molecule has 3 fully saturated rings. The molecule has 3 rings (SSSR count). The van der Waals surface area contributed by atoms with Crippen LogP contribution < -0.4 is 10.6 Å². The Morgan fingerprint density at radius 3 is 2.52 bits per heavy atom. The number of carboxylic acids is 1. The van der Waals surface area contributed by atoms with E-state index in [1.165, 1.54) is 19.3 Å². The zero-order valence-electron chi connectivity index (χ0n) is 12.4. The maximum Gasteiger partial charge on any atom is 0.326 e. The van der Waals surface area contributed by atoms with Gasteiger partial charge in [0.2, 0.25) is 0 Å². The van der Waals surface area contributed by atoms with Gasteiger partial charge in [0.05, 0.1) is 0 Å². The summed E-state index contributed by atoms with van der Waals surface area (Å²) in [7, 11) is 1.58. The number of hydrogen-bond donors (Lipinski definition) is 3. The fourth-order valence-electron chi connectivity index (χ4n) is 4.56. The SMILES string of the molecule is COCCCC(NC(=O)NC1C2C3CCC(C3)C12)C(=O)O. The molecule has 3 aliphatic carbocycles. The first-order valence-electron chi connectivity index (χ1n) is 7.90. The molecule has 3 aliphatic rings. The van der Waals surface area contributed by atoms with Gasteiger partial charge in [-0.1, -0.05) is 0 Å². The number of fused-ring (bicyclic) bond motifs is 5. The number of ether oxygens (including phenoxy) is 1. The molecule has 3 saturated carbocycles. The van der Waals surface area contributed by atoms with Gasteiger partial charge in [-0.2, -0.15) is 0 Å². The Hall–Kier alpha value is -1.30. The lowest BCUT2D eigenvalue weighted by molar-refractivity contribution is -0.139. The molecule has 0 aromatic carbocycles. The number of carbonyl (C=O) groups excluding carboxylic acids is 1. The number of hydrogen-bond acceptors (Lipinski definition) is 3. The third-order valence-electron chi connectivity index (χ3n) is 5.48. The number of aliphatic carboxylic acids is 1. The molecule has 5 unspecified atom stereocenters. The number of carboxylic acid groups (broad SMARTS) is 1. The van der Waals surface area contributed by atoms with Crippen molar-refractivity contribution in [3.05, 3.63) is 0 Å². The van der Waals surface area contributed by atoms with E-state index in [4.69, 9.17) is 9.84 Å². The van der Waals surface area contributed by atoms with Crippen LogP contribution >= 0.6 is 0 Å². The van der Waals surface area contributed by atoms with Gasteiger partial charge in [-0.15, -0.1) is 0 Å². The number of nitrogens with one attached hydrogen (secondary N) is 2. The summed E-state index contributed by atoms with van der Waals surface area (Å²) in [6.07, 6.45) is 4.96. The minimum absolute atomic E-state index is 0.282. The number of amides is 2. The number of methoxy groups -OCH3 is 1. The van der Waals surface area contributed by atoms with Crippen LogP contribution in [-0.4, -0.2) is 42.9 Å². The fourth-order valence-corrected chi connectivity index (χ4v) is 4.56. The van der Waals surface area contributed by atoms with Crippen LogP contribution in [0.2, 0.25) is 0 Å². The molecule has 0 spiro atoms. The lowest BCUT2D eigenvalue weighted by atomic mass is 10.0. The zero-order valence-corrected chi connectivity index (χ0v) is 12.4. The van der Waals surface area contributed by atoms with Crippen LogP contribution in [0.4, 0.5) is 4.79 Å². The molecule has 6 nitrogen and oxygen atoms in total. The molecule has 2 amide bonds. The summed E-state index contributed by atoms with van der Waals surface area (Å²) < 4.78 is 4.91. The van der Waals surface area contributed by atoms with Crippen LogP contribution in [0.5, 0.6) is 0 Å². The Balaban J connectivity index is 1.44. The maximum absolute atomic E-state index is 12.0. The maximum atomic E-state index is 12.0. The molecule has 0 aliphatic heterocycles. The highest BCUT2D eigenvalue weighted by Gasteiger charge is 2.65. The molecular formula is C15H24N2O4. The molecule has 3 N–H and O–H groups in total. The van der Waals surface area contributed by atoms with Crippen molar-refractivity contribution in [3.8, 4) is 0 Å². The summed E-state index contributed by atoms with van der Waals surface area (Å²) in [4.78, 5) is 23.1. The average molecular weight is 296 g/mol. The van der Waals surface area contributed by atoms with Crippen LogP contribution in [0.3, 0.4) is 0 Å². The van der Waals surface area contributed by atoms with Gasteiger partial charge in [-0.3, -0.25) is 0 Å². The number of rotatable bonds is 7. The van der Waals surface area contributed by atoms with E-state index in [9.17, 15) is 9.59 Å². The first-order valence-corrected chi connectivity index (χ1v) is 7.90. The van der Waals surface area contributed by atoms with Crippen LogP contribution in [-0.2, 0) is 9.53 Å². The third kappa shape index (κ3) is 2.86. The Labute approximate surface area is 124 Å². The second-order valence-corrected chi connectivity index (χ2v) is 6.66. The molecular weight excluding hydrogens is 272 g/mol. The highest BCUT2D eigenvalue weighted by Crippen LogP contribution is 2.65. The van der Waals surface area contributed by atoms with Crippen molar-refractivity contribution in [2.45, 2.75) is 44.2 Å². The van der Waals surface area contributed by atoms with Crippen LogP contribution in [0.25, 0.3) is 0 Å². The van der Waals surface area contributed by atoms with Crippen molar-refractivity contribution in [3.63, 3.8) is 0 Å². The number of urea groups is 1. The first-order chi connectivity index (χ1) is 10.1. The predicted molar refractivity (Wildman–Crippen MR) is 75.8 cm³/mol. The molecule has 21 heavy (non-hydrogen) atoms. The Morgan fingerprint density at radius 1 is 1.29 bits per heavy atom. The van der Waals surface area contributed by atoms with E-state index in [-0.39, 0.29) is 12.1 Å². The van der Waals surface area contributed by atoms with Crippen molar-refractivity contribution in [2.24, 2.45) is 23.7 Å². The fraction of sp³-hybridized carbons (Fsp3) is 0.867. The number of carbonyl (C=O) groups is 2. The lowest BCUT2D eigenvalue weighted by Gasteiger charge is -2.16. The van der Waals surface area contributed by atoms with E-state index in [1.54, 1.807) is 7.11 Å². The lowest BCUT2D eigenvalue weighted by Crippen LogP contribution is -2.47. The standard InChI is InChI=1S/C15H24N2O4/c1-21-6-2-3-10(14(18)19)16-15(20)17-13-11-8-4-5-9(7-8)12(11)13/h8-13H,2-7H2,1H3,(H,18,19)(H2,16,17,20). The molecule has 2 bridgehead atoms. The zero-order chi connectivity index (χ0) is 15.0. The van der Waals surface area contributed by atoms with E-state index in [1.807, 2.05) is 0 Å². The highest BCUT2D eigenvalue weighted by atomic mass is 16.5. The smallest absolute Gasteiger partial charge is 0.326 e. The van der Waals surface area contributed by atoms with Crippen molar-refractivity contribution in [2.75, 3.05) is 13.7 Å². The van der Waals surface area contributed by atoms with Gasteiger partial charge in [0.15, 0.2) is 0 Å². The van der Waals surface area contributed by atoms with Crippen molar-refractivity contribution < 1.29 is 19.4 Å². The van der Waals surface area contributed by atoms with E-state index in [0.29, 0.717) is 31.3 Å². The summed E-state index contributed by atoms with van der Waals surface area (Å²) in [5, 5.41) is 14.7. The monoisotopic (exact) mass is 296 g/mol. The second-order valence-electron chi connectivity index (χ2n) is 6.66. The molecule has 0 saturated heterocycles. The van der Waals surface area contributed by atoms with E-state index >= 15 is 0 Å². The predicted octanol–water partition coefficient (Wildman–Crippen LogP) is 1.21. The van der Waals surface area contributed by atoms with Crippen molar-refractivity contribution in [1.29, 1.82) is 0 Å². The Bertz CT molecular complexity index is 412. The summed E-state index contributed by atoms with van der Waals surface area (Å²) in [6, 6.07) is -0.890. The molecule has 0 aromatic heterocycles. The summed E-state index contributed by atoms with van der Waals surface area (Å²) >= 11 is 0. The summed E-state index contributed by atoms with van der Waals surface area (Å²) in [5.74, 6) is 1.92. The minimum Gasteiger partial charge on any atom is -0.480 e. The van der Waals surface area contributed by atoms with Gasteiger partial charge in [-0.25, -0.2) is 9.59 Å². The largest absolute Gasteiger partial charge is 0.480 e. The van der Waals surface area contributed by atoms with E-state index in [2.05, 4.69) is 10.6 Å². The molecule has 118 valence electrons. The highest BCUT2D eigenvalue weighted by molar-refractivity contribution is 5.82. The topological polar surface area (TPSA) is 87.7 Å². The first kappa shape index (κ1) is 14.6. The van der Waals surface area contributed by atoms with Gasteiger partial charge in [0.1, 0.15) is 6.04 Å². The van der Waals surface area contributed by atoms with Crippen LogP contribution in [0, 0.1) is 23.7 Å². The van der Waals surface area contributed by atoms with E-state index < -0.39 is 12.0 Å². The van der Waals surface area contributed by atoms with E-state index in [0.717, 1.165) is 11.8 Å². The van der Waals surface area contributed by atoms with Crippen LogP contribution in [0.1, 0.15) is 32.1 Å². The molecule has 0 aromatic rings. The molecule has 0 radical (unpaired) electrons. The quantitative estimate of drug-likeness (QED) is 0.616. The second kappa shape index (κ2) is 5.83.